The standard InChI is InChI=1S/C21H23N/c1-4-8-17-11-7-12-21(16(17)2)22(3)20-14-13-18-9-5-6-10-19(18)15-20/h4,6-8,10-15H,5,9H2,1-3H3/b8-4-. The molecule has 2 aromatic rings. The lowest BCUT2D eigenvalue weighted by Gasteiger charge is -2.24. The fourth-order valence-corrected chi connectivity index (χ4v) is 3.13. The molecule has 1 aliphatic carbocycles. The minimum absolute atomic E-state index is 1.16. The normalized spacial score (nSPS) is 13.4. The van der Waals surface area contributed by atoms with Gasteiger partial charge in [-0.3, -0.25) is 0 Å². The minimum Gasteiger partial charge on any atom is -0.344 e. The van der Waals surface area contributed by atoms with E-state index >= 15 is 0 Å². The van der Waals surface area contributed by atoms with Crippen LogP contribution in [0.3, 0.4) is 0 Å². The number of fused-ring (bicyclic) bond motifs is 1. The fraction of sp³-hybridized carbons (Fsp3) is 0.238. The van der Waals surface area contributed by atoms with Crippen molar-refractivity contribution in [1.29, 1.82) is 0 Å². The molecule has 3 rings (SSSR count). The average molecular weight is 289 g/mol. The number of anilines is 2. The lowest BCUT2D eigenvalue weighted by atomic mass is 9.96. The lowest BCUT2D eigenvalue weighted by Crippen LogP contribution is -2.12. The van der Waals surface area contributed by atoms with Crippen molar-refractivity contribution in [3.8, 4) is 0 Å². The molecule has 2 aromatic carbocycles. The largest absolute Gasteiger partial charge is 0.344 e. The summed E-state index contributed by atoms with van der Waals surface area (Å²) >= 11 is 0. The Morgan fingerprint density at radius 1 is 1.14 bits per heavy atom. The number of allylic oxidation sites excluding steroid dienone is 2. The topological polar surface area (TPSA) is 3.24 Å². The zero-order valence-electron chi connectivity index (χ0n) is 13.6. The lowest BCUT2D eigenvalue weighted by molar-refractivity contribution is 0.984. The fourth-order valence-electron chi connectivity index (χ4n) is 3.13. The van der Waals surface area contributed by atoms with E-state index in [1.165, 1.54) is 33.6 Å². The molecule has 0 heterocycles. The van der Waals surface area contributed by atoms with Crippen LogP contribution in [0.1, 0.15) is 35.6 Å². The number of nitrogens with zero attached hydrogens (tertiary/aromatic N) is 1. The van der Waals surface area contributed by atoms with Crippen molar-refractivity contribution >= 4 is 23.5 Å². The van der Waals surface area contributed by atoms with Gasteiger partial charge in [-0.2, -0.15) is 0 Å². The van der Waals surface area contributed by atoms with Crippen LogP contribution in [-0.4, -0.2) is 7.05 Å². The Hall–Kier alpha value is -2.28. The van der Waals surface area contributed by atoms with Crippen molar-refractivity contribution < 1.29 is 0 Å². The van der Waals surface area contributed by atoms with E-state index in [1.54, 1.807) is 0 Å². The third-order valence-corrected chi connectivity index (χ3v) is 4.45. The number of hydrogen-bond acceptors (Lipinski definition) is 1. The minimum atomic E-state index is 1.16. The molecule has 112 valence electrons. The van der Waals surface area contributed by atoms with Crippen molar-refractivity contribution in [2.45, 2.75) is 26.7 Å². The first-order chi connectivity index (χ1) is 10.7. The Labute approximate surface area is 133 Å². The van der Waals surface area contributed by atoms with Crippen molar-refractivity contribution in [3.63, 3.8) is 0 Å². The summed E-state index contributed by atoms with van der Waals surface area (Å²) in [6.45, 7) is 4.26. The molecule has 0 atom stereocenters. The SMILES string of the molecule is C/C=C\c1cccc(N(C)c2ccc3c(c2)C=CCC3)c1C. The van der Waals surface area contributed by atoms with Crippen molar-refractivity contribution in [2.24, 2.45) is 0 Å². The molecule has 0 N–H and O–H groups in total. The van der Waals surface area contributed by atoms with Crippen LogP contribution in [0.5, 0.6) is 0 Å². The van der Waals surface area contributed by atoms with Crippen molar-refractivity contribution in [1.82, 2.24) is 0 Å². The maximum atomic E-state index is 2.30. The third-order valence-electron chi connectivity index (χ3n) is 4.45. The second-order valence-electron chi connectivity index (χ2n) is 5.87. The summed E-state index contributed by atoms with van der Waals surface area (Å²) in [5.74, 6) is 0. The van der Waals surface area contributed by atoms with Crippen LogP contribution < -0.4 is 4.90 Å². The Balaban J connectivity index is 2.00. The van der Waals surface area contributed by atoms with Gasteiger partial charge in [-0.25, -0.2) is 0 Å². The van der Waals surface area contributed by atoms with Gasteiger partial charge in [0.2, 0.25) is 0 Å². The van der Waals surface area contributed by atoms with E-state index in [2.05, 4.69) is 86.5 Å². The summed E-state index contributed by atoms with van der Waals surface area (Å²) in [6.07, 6.45) is 11.1. The van der Waals surface area contributed by atoms with Crippen molar-refractivity contribution in [2.75, 3.05) is 11.9 Å². The molecule has 0 amide bonds. The van der Waals surface area contributed by atoms with Crippen molar-refractivity contribution in [3.05, 3.63) is 70.8 Å². The summed E-state index contributed by atoms with van der Waals surface area (Å²) in [4.78, 5) is 2.28. The summed E-state index contributed by atoms with van der Waals surface area (Å²) in [5, 5.41) is 0. The second kappa shape index (κ2) is 6.23. The summed E-state index contributed by atoms with van der Waals surface area (Å²) in [6, 6.07) is 13.3. The Bertz CT molecular complexity index is 738. The Kier molecular flexibility index (Phi) is 4.15. The highest BCUT2D eigenvalue weighted by Crippen LogP contribution is 2.31. The highest BCUT2D eigenvalue weighted by molar-refractivity contribution is 5.73. The van der Waals surface area contributed by atoms with Gasteiger partial charge in [0.1, 0.15) is 0 Å². The van der Waals surface area contributed by atoms with E-state index in [9.17, 15) is 0 Å². The van der Waals surface area contributed by atoms with Gasteiger partial charge in [-0.1, -0.05) is 42.5 Å². The second-order valence-corrected chi connectivity index (χ2v) is 5.87. The molecule has 0 spiro atoms. The summed E-state index contributed by atoms with van der Waals surface area (Å²) in [5.41, 5.74) is 7.92. The number of rotatable bonds is 3. The third kappa shape index (κ3) is 2.71. The predicted octanol–water partition coefficient (Wildman–Crippen LogP) is 5.76. The molecule has 0 saturated heterocycles. The Morgan fingerprint density at radius 2 is 2.00 bits per heavy atom. The smallest absolute Gasteiger partial charge is 0.0443 e. The molecule has 0 saturated carbocycles. The van der Waals surface area contributed by atoms with E-state index < -0.39 is 0 Å². The van der Waals surface area contributed by atoms with Crippen LogP contribution in [0.15, 0.2) is 48.6 Å². The summed E-state index contributed by atoms with van der Waals surface area (Å²) < 4.78 is 0. The van der Waals surface area contributed by atoms with Gasteiger partial charge < -0.3 is 4.90 Å². The van der Waals surface area contributed by atoms with Crippen LogP contribution in [0, 0.1) is 6.92 Å². The number of aryl methyl sites for hydroxylation is 1. The van der Waals surface area contributed by atoms with Crippen LogP contribution in [0.4, 0.5) is 11.4 Å². The molecule has 1 aliphatic rings. The molecule has 0 fully saturated rings. The highest BCUT2D eigenvalue weighted by atomic mass is 15.1. The zero-order chi connectivity index (χ0) is 15.5. The van der Waals surface area contributed by atoms with Gasteiger partial charge in [0.15, 0.2) is 0 Å². The molecule has 0 radical (unpaired) electrons. The first-order valence-electron chi connectivity index (χ1n) is 7.96. The molecule has 1 nitrogen and oxygen atoms in total. The maximum absolute atomic E-state index is 2.30. The van der Waals surface area contributed by atoms with Gasteiger partial charge in [-0.05, 0) is 67.1 Å². The monoisotopic (exact) mass is 289 g/mol. The molecular weight excluding hydrogens is 266 g/mol. The molecule has 0 bridgehead atoms. The Morgan fingerprint density at radius 3 is 2.82 bits per heavy atom. The van der Waals surface area contributed by atoms with E-state index in [-0.39, 0.29) is 0 Å². The van der Waals surface area contributed by atoms with E-state index in [0.29, 0.717) is 0 Å². The number of hydrogen-bond donors (Lipinski definition) is 0. The molecule has 1 heteroatoms. The number of benzene rings is 2. The van der Waals surface area contributed by atoms with Gasteiger partial charge in [0, 0.05) is 18.4 Å². The van der Waals surface area contributed by atoms with Gasteiger partial charge in [0.25, 0.3) is 0 Å². The van der Waals surface area contributed by atoms with Gasteiger partial charge >= 0.3 is 0 Å². The predicted molar refractivity (Wildman–Crippen MR) is 97.7 cm³/mol. The highest BCUT2D eigenvalue weighted by Gasteiger charge is 2.11. The first-order valence-corrected chi connectivity index (χ1v) is 7.96. The molecule has 0 aromatic heterocycles. The van der Waals surface area contributed by atoms with Gasteiger partial charge in [0.05, 0.1) is 0 Å². The van der Waals surface area contributed by atoms with Crippen LogP contribution in [-0.2, 0) is 6.42 Å². The first kappa shape index (κ1) is 14.6. The van der Waals surface area contributed by atoms with E-state index in [4.69, 9.17) is 0 Å². The molecule has 22 heavy (non-hydrogen) atoms. The maximum Gasteiger partial charge on any atom is 0.0443 e. The van der Waals surface area contributed by atoms with E-state index in [1.807, 2.05) is 0 Å². The molecule has 0 aliphatic heterocycles. The summed E-state index contributed by atoms with van der Waals surface area (Å²) in [7, 11) is 2.15. The van der Waals surface area contributed by atoms with Crippen LogP contribution in [0.2, 0.25) is 0 Å². The molecule has 0 unspecified atom stereocenters. The van der Waals surface area contributed by atoms with Gasteiger partial charge in [-0.15, -0.1) is 0 Å². The quantitative estimate of drug-likeness (QED) is 0.694. The van der Waals surface area contributed by atoms with E-state index in [0.717, 1.165) is 12.8 Å². The van der Waals surface area contributed by atoms with Crippen LogP contribution in [0.25, 0.3) is 12.2 Å². The average Bonchev–Trinajstić information content (AvgIpc) is 2.56. The molecular formula is C21H23N. The zero-order valence-corrected chi connectivity index (χ0v) is 13.6. The van der Waals surface area contributed by atoms with Crippen LogP contribution >= 0.6 is 0 Å².